The van der Waals surface area contributed by atoms with Gasteiger partial charge >= 0.3 is 6.03 Å². The molecule has 1 aromatic heterocycles. The van der Waals surface area contributed by atoms with Crippen molar-refractivity contribution in [1.29, 1.82) is 0 Å². The molecule has 0 atom stereocenters. The van der Waals surface area contributed by atoms with Crippen LogP contribution < -0.4 is 4.74 Å². The lowest BCUT2D eigenvalue weighted by atomic mass is 10.0. The van der Waals surface area contributed by atoms with E-state index < -0.39 is 0 Å². The van der Waals surface area contributed by atoms with E-state index in [1.54, 1.807) is 14.1 Å². The van der Waals surface area contributed by atoms with E-state index in [1.165, 1.54) is 4.90 Å². The van der Waals surface area contributed by atoms with Crippen LogP contribution in [-0.4, -0.2) is 45.2 Å². The number of ether oxygens (including phenoxy) is 1. The minimum atomic E-state index is -0.330. The number of nitrogens with zero attached hydrogens (tertiary/aromatic N) is 5. The van der Waals surface area contributed by atoms with Crippen molar-refractivity contribution in [2.45, 2.75) is 13.0 Å². The van der Waals surface area contributed by atoms with Gasteiger partial charge in [-0.1, -0.05) is 71.5 Å². The molecular formula is C24H23N5O2. The largest absolute Gasteiger partial charge is 0.489 e. The van der Waals surface area contributed by atoms with E-state index in [2.05, 4.69) is 33.6 Å². The maximum Gasteiger partial charge on any atom is 0.362 e. The highest BCUT2D eigenvalue weighted by molar-refractivity contribution is 5.74. The van der Waals surface area contributed by atoms with E-state index >= 15 is 0 Å². The molecule has 4 aromatic rings. The zero-order valence-electron chi connectivity index (χ0n) is 17.5. The van der Waals surface area contributed by atoms with E-state index in [1.807, 2.05) is 60.7 Å². The van der Waals surface area contributed by atoms with E-state index in [0.717, 1.165) is 32.8 Å². The number of amides is 1. The van der Waals surface area contributed by atoms with Crippen molar-refractivity contribution in [3.05, 3.63) is 95.8 Å². The molecule has 7 heteroatoms. The van der Waals surface area contributed by atoms with Crippen LogP contribution in [0.3, 0.4) is 0 Å². The number of tetrazole rings is 1. The third-order valence-electron chi connectivity index (χ3n) is 4.74. The van der Waals surface area contributed by atoms with Crippen LogP contribution in [0.2, 0.25) is 0 Å². The van der Waals surface area contributed by atoms with E-state index in [9.17, 15) is 4.79 Å². The molecular weight excluding hydrogens is 390 g/mol. The van der Waals surface area contributed by atoms with E-state index in [-0.39, 0.29) is 6.03 Å². The van der Waals surface area contributed by atoms with Crippen LogP contribution in [0.15, 0.2) is 78.9 Å². The van der Waals surface area contributed by atoms with Gasteiger partial charge in [0.2, 0.25) is 0 Å². The van der Waals surface area contributed by atoms with Crippen molar-refractivity contribution in [3.8, 4) is 16.9 Å². The molecule has 3 aromatic carbocycles. The van der Waals surface area contributed by atoms with E-state index in [0.29, 0.717) is 18.9 Å². The van der Waals surface area contributed by atoms with Crippen LogP contribution in [0.4, 0.5) is 4.79 Å². The predicted octanol–water partition coefficient (Wildman–Crippen LogP) is 4.04. The minimum Gasteiger partial charge on any atom is -0.489 e. The minimum absolute atomic E-state index is 0.330. The van der Waals surface area contributed by atoms with Crippen molar-refractivity contribution in [2.24, 2.45) is 0 Å². The van der Waals surface area contributed by atoms with Crippen molar-refractivity contribution in [3.63, 3.8) is 0 Å². The molecule has 0 aliphatic carbocycles. The van der Waals surface area contributed by atoms with Gasteiger partial charge in [0, 0.05) is 20.5 Å². The number of aromatic nitrogens is 4. The van der Waals surface area contributed by atoms with Crippen LogP contribution in [0.25, 0.3) is 11.1 Å². The smallest absolute Gasteiger partial charge is 0.362 e. The van der Waals surface area contributed by atoms with Crippen LogP contribution in [0.1, 0.15) is 17.0 Å². The monoisotopic (exact) mass is 413 g/mol. The topological polar surface area (TPSA) is 73.1 Å². The summed E-state index contributed by atoms with van der Waals surface area (Å²) in [6, 6.07) is 26.0. The number of carbonyl (C=O) groups is 1. The maximum absolute atomic E-state index is 11.9. The molecule has 0 bridgehead atoms. The van der Waals surface area contributed by atoms with Crippen LogP contribution >= 0.6 is 0 Å². The molecule has 0 fully saturated rings. The molecule has 156 valence electrons. The Kier molecular flexibility index (Phi) is 6.03. The summed E-state index contributed by atoms with van der Waals surface area (Å²) in [5.74, 6) is 1.33. The summed E-state index contributed by atoms with van der Waals surface area (Å²) in [5.41, 5.74) is 4.35. The summed E-state index contributed by atoms with van der Waals surface area (Å²) in [6.45, 7) is 0.535. The Labute approximate surface area is 180 Å². The van der Waals surface area contributed by atoms with Gasteiger partial charge in [-0.2, -0.15) is 0 Å². The fraction of sp³-hybridized carbons (Fsp3) is 0.167. The lowest BCUT2D eigenvalue weighted by molar-refractivity contribution is 0.211. The molecule has 0 N–H and O–H groups in total. The predicted molar refractivity (Wildman–Crippen MR) is 118 cm³/mol. The average molecular weight is 413 g/mol. The summed E-state index contributed by atoms with van der Waals surface area (Å²) in [7, 11) is 3.29. The normalized spacial score (nSPS) is 10.6. The highest BCUT2D eigenvalue weighted by Gasteiger charge is 2.12. The molecule has 0 unspecified atom stereocenters. The summed E-state index contributed by atoms with van der Waals surface area (Å²) in [5, 5.41) is 11.9. The van der Waals surface area contributed by atoms with Gasteiger partial charge in [-0.15, -0.1) is 10.2 Å². The van der Waals surface area contributed by atoms with E-state index in [4.69, 9.17) is 4.74 Å². The Morgan fingerprint density at radius 2 is 1.68 bits per heavy atom. The average Bonchev–Trinajstić information content (AvgIpc) is 3.27. The Balaban J connectivity index is 1.42. The standard InChI is InChI=1S/C24H23N5O2/c1-28(2)24(30)29-26-23(25-27-29)15-18-11-13-20(14-12-18)21-9-6-10-22(16-21)31-17-19-7-4-3-5-8-19/h3-14,16H,15,17H2,1-2H3. The summed E-state index contributed by atoms with van der Waals surface area (Å²) in [4.78, 5) is 14.3. The Hall–Kier alpha value is -4.00. The second kappa shape index (κ2) is 9.21. The fourth-order valence-electron chi connectivity index (χ4n) is 3.08. The highest BCUT2D eigenvalue weighted by atomic mass is 16.5. The molecule has 1 amide bonds. The van der Waals surface area contributed by atoms with Gasteiger partial charge in [0.05, 0.1) is 0 Å². The first-order valence-corrected chi connectivity index (χ1v) is 9.95. The van der Waals surface area contributed by atoms with Gasteiger partial charge in [-0.3, -0.25) is 0 Å². The van der Waals surface area contributed by atoms with Crippen LogP contribution in [-0.2, 0) is 13.0 Å². The summed E-state index contributed by atoms with van der Waals surface area (Å²) in [6.07, 6.45) is 0.501. The quantitative estimate of drug-likeness (QED) is 0.477. The Morgan fingerprint density at radius 3 is 2.42 bits per heavy atom. The van der Waals surface area contributed by atoms with Crippen LogP contribution in [0, 0.1) is 0 Å². The first kappa shape index (κ1) is 20.3. The molecule has 4 rings (SSSR count). The second-order valence-corrected chi connectivity index (χ2v) is 7.35. The summed E-state index contributed by atoms with van der Waals surface area (Å²) < 4.78 is 5.94. The first-order chi connectivity index (χ1) is 15.1. The van der Waals surface area contributed by atoms with Gasteiger partial charge in [0.25, 0.3) is 0 Å². The van der Waals surface area contributed by atoms with Crippen molar-refractivity contribution < 1.29 is 9.53 Å². The Bertz CT molecular complexity index is 1150. The van der Waals surface area contributed by atoms with Gasteiger partial charge < -0.3 is 9.64 Å². The number of rotatable bonds is 6. The van der Waals surface area contributed by atoms with Gasteiger partial charge in [-0.25, -0.2) is 4.79 Å². The lowest BCUT2D eigenvalue weighted by Crippen LogP contribution is -2.29. The molecule has 0 spiro atoms. The zero-order valence-corrected chi connectivity index (χ0v) is 17.5. The Morgan fingerprint density at radius 1 is 0.903 bits per heavy atom. The van der Waals surface area contributed by atoms with Crippen LogP contribution in [0.5, 0.6) is 5.75 Å². The summed E-state index contributed by atoms with van der Waals surface area (Å²) >= 11 is 0. The number of hydrogen-bond acceptors (Lipinski definition) is 5. The van der Waals surface area contributed by atoms with Crippen molar-refractivity contribution in [2.75, 3.05) is 14.1 Å². The lowest BCUT2D eigenvalue weighted by Gasteiger charge is -2.09. The third kappa shape index (κ3) is 5.14. The molecule has 0 aliphatic heterocycles. The molecule has 0 aliphatic rings. The molecule has 31 heavy (non-hydrogen) atoms. The van der Waals surface area contributed by atoms with Crippen molar-refractivity contribution >= 4 is 6.03 Å². The van der Waals surface area contributed by atoms with Gasteiger partial charge in [-0.05, 0) is 39.6 Å². The SMILES string of the molecule is CN(C)C(=O)n1nnc(Cc2ccc(-c3cccc(OCc4ccccc4)c3)cc2)n1. The molecule has 0 radical (unpaired) electrons. The third-order valence-corrected chi connectivity index (χ3v) is 4.74. The van der Waals surface area contributed by atoms with Crippen molar-refractivity contribution in [1.82, 2.24) is 25.1 Å². The zero-order chi connectivity index (χ0) is 21.6. The molecule has 7 nitrogen and oxygen atoms in total. The number of hydrogen-bond donors (Lipinski definition) is 0. The second-order valence-electron chi connectivity index (χ2n) is 7.35. The molecule has 0 saturated carbocycles. The van der Waals surface area contributed by atoms with Gasteiger partial charge in [0.15, 0.2) is 5.82 Å². The molecule has 1 heterocycles. The number of benzene rings is 3. The first-order valence-electron chi connectivity index (χ1n) is 9.95. The maximum atomic E-state index is 11.9. The number of carbonyl (C=O) groups excluding carboxylic acids is 1. The van der Waals surface area contributed by atoms with Gasteiger partial charge in [0.1, 0.15) is 12.4 Å². The fourth-order valence-corrected chi connectivity index (χ4v) is 3.08. The molecule has 0 saturated heterocycles. The highest BCUT2D eigenvalue weighted by Crippen LogP contribution is 2.25.